The van der Waals surface area contributed by atoms with Crippen LogP contribution in [-0.2, 0) is 9.53 Å². The Balaban J connectivity index is 1.59. The van der Waals surface area contributed by atoms with Gasteiger partial charge in [-0.2, -0.15) is 0 Å². The van der Waals surface area contributed by atoms with Gasteiger partial charge in [-0.15, -0.1) is 0 Å². The number of rotatable bonds is 9. The number of aliphatic hydroxyl groups excluding tert-OH is 1. The minimum Gasteiger partial charge on any atom is -0.462 e. The molecule has 140 valence electrons. The number of ether oxygens (including phenoxy) is 1. The SMILES string of the molecule is CCC[C@H]1CC[C@H](OC(=O)[C@H]2CC[C@H](CCCCCO)CC2)CC1. The first-order valence-corrected chi connectivity index (χ1v) is 10.5. The molecule has 0 heterocycles. The molecule has 3 nitrogen and oxygen atoms in total. The molecule has 2 aliphatic rings. The Morgan fingerprint density at radius 2 is 1.50 bits per heavy atom. The summed E-state index contributed by atoms with van der Waals surface area (Å²) in [7, 11) is 0. The average Bonchev–Trinajstić information content (AvgIpc) is 2.61. The van der Waals surface area contributed by atoms with E-state index in [0.717, 1.165) is 50.4 Å². The van der Waals surface area contributed by atoms with Gasteiger partial charge in [0.05, 0.1) is 5.92 Å². The topological polar surface area (TPSA) is 46.5 Å². The standard InChI is InChI=1S/C21H38O3/c1-2-6-17-10-14-20(15-11-17)24-21(23)19-12-8-18(9-13-19)7-4-3-5-16-22/h17-20,22H,2-16H2,1H3/t17-,18-,19-,20-. The Hall–Kier alpha value is -0.570. The molecule has 2 fully saturated rings. The molecule has 0 bridgehead atoms. The fourth-order valence-electron chi connectivity index (χ4n) is 4.62. The summed E-state index contributed by atoms with van der Waals surface area (Å²) in [6, 6.07) is 0. The molecule has 0 unspecified atom stereocenters. The van der Waals surface area contributed by atoms with E-state index in [1.54, 1.807) is 0 Å². The van der Waals surface area contributed by atoms with Gasteiger partial charge in [0.2, 0.25) is 0 Å². The molecule has 0 atom stereocenters. The highest BCUT2D eigenvalue weighted by atomic mass is 16.5. The third-order valence-corrected chi connectivity index (χ3v) is 6.22. The minimum absolute atomic E-state index is 0.0904. The van der Waals surface area contributed by atoms with Gasteiger partial charge in [0.1, 0.15) is 6.10 Å². The van der Waals surface area contributed by atoms with Crippen molar-refractivity contribution in [2.24, 2.45) is 17.8 Å². The maximum atomic E-state index is 12.4. The van der Waals surface area contributed by atoms with E-state index in [0.29, 0.717) is 6.61 Å². The van der Waals surface area contributed by atoms with Crippen LogP contribution in [0.5, 0.6) is 0 Å². The zero-order valence-corrected chi connectivity index (χ0v) is 15.7. The van der Waals surface area contributed by atoms with Crippen LogP contribution in [0, 0.1) is 17.8 Å². The van der Waals surface area contributed by atoms with E-state index in [-0.39, 0.29) is 18.0 Å². The molecule has 2 aliphatic carbocycles. The maximum absolute atomic E-state index is 12.4. The largest absolute Gasteiger partial charge is 0.462 e. The van der Waals surface area contributed by atoms with Gasteiger partial charge >= 0.3 is 5.97 Å². The van der Waals surface area contributed by atoms with Crippen molar-refractivity contribution in [3.63, 3.8) is 0 Å². The second-order valence-corrected chi connectivity index (χ2v) is 8.16. The Labute approximate surface area is 148 Å². The molecule has 2 saturated carbocycles. The van der Waals surface area contributed by atoms with Crippen LogP contribution in [0.1, 0.15) is 96.8 Å². The fourth-order valence-corrected chi connectivity index (χ4v) is 4.62. The van der Waals surface area contributed by atoms with Gasteiger partial charge in [-0.25, -0.2) is 0 Å². The first-order valence-electron chi connectivity index (χ1n) is 10.5. The summed E-state index contributed by atoms with van der Waals surface area (Å²) in [6.45, 7) is 2.58. The lowest BCUT2D eigenvalue weighted by Crippen LogP contribution is -2.30. The van der Waals surface area contributed by atoms with Crippen LogP contribution in [0.4, 0.5) is 0 Å². The van der Waals surface area contributed by atoms with Crippen LogP contribution in [0.2, 0.25) is 0 Å². The Morgan fingerprint density at radius 3 is 2.12 bits per heavy atom. The Morgan fingerprint density at radius 1 is 0.875 bits per heavy atom. The number of unbranched alkanes of at least 4 members (excludes halogenated alkanes) is 2. The molecule has 1 N–H and O–H groups in total. The van der Waals surface area contributed by atoms with Gasteiger partial charge in [0.25, 0.3) is 0 Å². The van der Waals surface area contributed by atoms with E-state index in [4.69, 9.17) is 9.84 Å². The van der Waals surface area contributed by atoms with E-state index >= 15 is 0 Å². The van der Waals surface area contributed by atoms with Crippen LogP contribution >= 0.6 is 0 Å². The van der Waals surface area contributed by atoms with Crippen LogP contribution in [0.25, 0.3) is 0 Å². The molecule has 0 saturated heterocycles. The first-order chi connectivity index (χ1) is 11.7. The van der Waals surface area contributed by atoms with Crippen LogP contribution < -0.4 is 0 Å². The lowest BCUT2D eigenvalue weighted by Gasteiger charge is -2.31. The maximum Gasteiger partial charge on any atom is 0.309 e. The van der Waals surface area contributed by atoms with Crippen molar-refractivity contribution in [3.05, 3.63) is 0 Å². The fraction of sp³-hybridized carbons (Fsp3) is 0.952. The Bertz CT molecular complexity index is 339. The predicted octanol–water partition coefficient (Wildman–Crippen LogP) is 5.25. The molecule has 0 aliphatic heterocycles. The molecule has 0 aromatic carbocycles. The van der Waals surface area contributed by atoms with E-state index in [9.17, 15) is 4.79 Å². The third-order valence-electron chi connectivity index (χ3n) is 6.22. The van der Waals surface area contributed by atoms with Crippen LogP contribution in [0.3, 0.4) is 0 Å². The van der Waals surface area contributed by atoms with Crippen molar-refractivity contribution >= 4 is 5.97 Å². The summed E-state index contributed by atoms with van der Waals surface area (Å²) in [5.74, 6) is 1.91. The van der Waals surface area contributed by atoms with Gasteiger partial charge in [-0.05, 0) is 69.6 Å². The van der Waals surface area contributed by atoms with Gasteiger partial charge in [0, 0.05) is 6.61 Å². The number of hydrogen-bond donors (Lipinski definition) is 1. The van der Waals surface area contributed by atoms with Gasteiger partial charge in [-0.1, -0.05) is 39.0 Å². The van der Waals surface area contributed by atoms with Crippen molar-refractivity contribution < 1.29 is 14.6 Å². The summed E-state index contributed by atoms with van der Waals surface area (Å²) in [4.78, 5) is 12.4. The molecule has 0 spiro atoms. The van der Waals surface area contributed by atoms with Gasteiger partial charge in [-0.3, -0.25) is 4.79 Å². The molecule has 2 rings (SSSR count). The molecule has 0 radical (unpaired) electrons. The molecular formula is C21H38O3. The molecule has 24 heavy (non-hydrogen) atoms. The van der Waals surface area contributed by atoms with Crippen LogP contribution in [-0.4, -0.2) is 23.8 Å². The van der Waals surface area contributed by atoms with Gasteiger partial charge in [0.15, 0.2) is 0 Å². The van der Waals surface area contributed by atoms with E-state index in [1.165, 1.54) is 51.4 Å². The summed E-state index contributed by atoms with van der Waals surface area (Å²) < 4.78 is 5.84. The number of esters is 1. The second-order valence-electron chi connectivity index (χ2n) is 8.16. The van der Waals surface area contributed by atoms with Crippen LogP contribution in [0.15, 0.2) is 0 Å². The first kappa shape index (κ1) is 19.8. The molecule has 0 amide bonds. The van der Waals surface area contributed by atoms with Crippen molar-refractivity contribution in [2.45, 2.75) is 103 Å². The van der Waals surface area contributed by atoms with Crippen molar-refractivity contribution in [2.75, 3.05) is 6.61 Å². The third kappa shape index (κ3) is 6.74. The molecular weight excluding hydrogens is 300 g/mol. The minimum atomic E-state index is 0.0904. The van der Waals surface area contributed by atoms with Crippen molar-refractivity contribution in [1.82, 2.24) is 0 Å². The molecule has 0 aromatic heterocycles. The zero-order valence-electron chi connectivity index (χ0n) is 15.7. The highest BCUT2D eigenvalue weighted by Gasteiger charge is 2.30. The predicted molar refractivity (Wildman–Crippen MR) is 97.7 cm³/mol. The van der Waals surface area contributed by atoms with E-state index < -0.39 is 0 Å². The van der Waals surface area contributed by atoms with Gasteiger partial charge < -0.3 is 9.84 Å². The summed E-state index contributed by atoms with van der Waals surface area (Å²) in [5.41, 5.74) is 0. The monoisotopic (exact) mass is 338 g/mol. The summed E-state index contributed by atoms with van der Waals surface area (Å²) in [5, 5.41) is 8.82. The number of carbonyl (C=O) groups excluding carboxylic acids is 1. The highest BCUT2D eigenvalue weighted by molar-refractivity contribution is 5.72. The Kier molecular flexibility index (Phi) is 9.15. The molecule has 3 heteroatoms. The molecule has 0 aromatic rings. The van der Waals surface area contributed by atoms with E-state index in [2.05, 4.69) is 6.92 Å². The average molecular weight is 339 g/mol. The number of aliphatic hydroxyl groups is 1. The quantitative estimate of drug-likeness (QED) is 0.461. The normalized spacial score (nSPS) is 30.9. The van der Waals surface area contributed by atoms with Crippen molar-refractivity contribution in [1.29, 1.82) is 0 Å². The smallest absolute Gasteiger partial charge is 0.309 e. The lowest BCUT2D eigenvalue weighted by atomic mass is 9.79. The zero-order chi connectivity index (χ0) is 17.2. The summed E-state index contributed by atoms with van der Waals surface area (Å²) >= 11 is 0. The van der Waals surface area contributed by atoms with Crippen molar-refractivity contribution in [3.8, 4) is 0 Å². The number of carbonyl (C=O) groups is 1. The van der Waals surface area contributed by atoms with E-state index in [1.807, 2.05) is 0 Å². The second kappa shape index (κ2) is 11.1. The highest BCUT2D eigenvalue weighted by Crippen LogP contribution is 2.34. The number of hydrogen-bond acceptors (Lipinski definition) is 3. The summed E-state index contributed by atoms with van der Waals surface area (Å²) in [6.07, 6.45) is 16.4. The lowest BCUT2D eigenvalue weighted by molar-refractivity contribution is -0.157.